The van der Waals surface area contributed by atoms with Crippen LogP contribution in [0.5, 0.6) is 0 Å². The molecule has 0 atom stereocenters. The molecule has 23 heavy (non-hydrogen) atoms. The Bertz CT molecular complexity index is 1190. The summed E-state index contributed by atoms with van der Waals surface area (Å²) in [5.41, 5.74) is 2.15. The molecule has 0 aliphatic rings. The van der Waals surface area contributed by atoms with Gasteiger partial charge in [-0.15, -0.1) is 0 Å². The molecule has 0 saturated heterocycles. The molecule has 0 fully saturated rings. The first kappa shape index (κ1) is 13.9. The van der Waals surface area contributed by atoms with Gasteiger partial charge in [-0.2, -0.15) is 5.26 Å². The number of fused-ring (bicyclic) bond motifs is 5. The minimum atomic E-state index is -0.110. The summed E-state index contributed by atoms with van der Waals surface area (Å²) in [6.07, 6.45) is 0. The van der Waals surface area contributed by atoms with E-state index < -0.39 is 0 Å². The van der Waals surface area contributed by atoms with E-state index in [4.69, 9.17) is 11.6 Å². The zero-order valence-electron chi connectivity index (χ0n) is 12.4. The summed E-state index contributed by atoms with van der Waals surface area (Å²) in [5.74, 6) is 0. The summed E-state index contributed by atoms with van der Waals surface area (Å²) in [4.78, 5) is 12.9. The number of aromatic nitrogens is 2. The third-order valence-corrected chi connectivity index (χ3v) is 4.53. The second kappa shape index (κ2) is 4.87. The molecule has 4 nitrogen and oxygen atoms in total. The maximum absolute atomic E-state index is 12.9. The van der Waals surface area contributed by atoms with E-state index in [1.54, 1.807) is 22.2 Å². The van der Waals surface area contributed by atoms with Crippen molar-refractivity contribution < 1.29 is 0 Å². The number of hydrogen-bond acceptors (Lipinski definition) is 2. The molecule has 0 aliphatic carbocycles. The summed E-state index contributed by atoms with van der Waals surface area (Å²) in [6, 6.07) is 15.4. The van der Waals surface area contributed by atoms with Crippen LogP contribution in [-0.2, 0) is 13.6 Å². The molecule has 4 rings (SSSR count). The highest BCUT2D eigenvalue weighted by molar-refractivity contribution is 6.32. The standard InChI is InChI=1S/C18H12ClN3O/c1-21-14-5-3-2-4-12(14)16-13-10-11(19)6-7-15(13)22(9-8-20)17(16)18(21)23/h2-7,10H,9H2,1H3. The van der Waals surface area contributed by atoms with Crippen LogP contribution in [-0.4, -0.2) is 9.13 Å². The summed E-state index contributed by atoms with van der Waals surface area (Å²) in [6.45, 7) is 0.120. The molecule has 112 valence electrons. The molecule has 2 aromatic heterocycles. The Balaban J connectivity index is 2.43. The molecular weight excluding hydrogens is 310 g/mol. The Kier molecular flexibility index (Phi) is 2.93. The number of pyridine rings is 1. The SMILES string of the molecule is Cn1c(=O)c2c(c3ccccc31)c1cc(Cl)ccc1n2CC#N. The Morgan fingerprint density at radius 2 is 1.91 bits per heavy atom. The van der Waals surface area contributed by atoms with Gasteiger partial charge in [-0.05, 0) is 24.3 Å². The van der Waals surface area contributed by atoms with Crippen molar-refractivity contribution in [3.63, 3.8) is 0 Å². The average Bonchev–Trinajstić information content (AvgIpc) is 2.87. The van der Waals surface area contributed by atoms with E-state index in [9.17, 15) is 10.1 Å². The maximum Gasteiger partial charge on any atom is 0.275 e. The fourth-order valence-corrected chi connectivity index (χ4v) is 3.47. The molecule has 2 aromatic carbocycles. The van der Waals surface area contributed by atoms with Crippen LogP contribution in [0.4, 0.5) is 0 Å². The molecule has 0 radical (unpaired) electrons. The molecular formula is C18H12ClN3O. The smallest absolute Gasteiger partial charge is 0.275 e. The minimum Gasteiger partial charge on any atom is -0.322 e. The minimum absolute atomic E-state index is 0.110. The van der Waals surface area contributed by atoms with Crippen LogP contribution in [0.3, 0.4) is 0 Å². The van der Waals surface area contributed by atoms with Gasteiger partial charge < -0.3 is 9.13 Å². The van der Waals surface area contributed by atoms with E-state index in [0.29, 0.717) is 10.5 Å². The van der Waals surface area contributed by atoms with E-state index in [-0.39, 0.29) is 12.1 Å². The molecule has 0 bridgehead atoms. The molecule has 5 heteroatoms. The highest BCUT2D eigenvalue weighted by Gasteiger charge is 2.18. The second-order valence-corrected chi connectivity index (χ2v) is 5.95. The zero-order valence-corrected chi connectivity index (χ0v) is 13.1. The van der Waals surface area contributed by atoms with Gasteiger partial charge in [-0.1, -0.05) is 29.8 Å². The highest BCUT2D eigenvalue weighted by atomic mass is 35.5. The fraction of sp³-hybridized carbons (Fsp3) is 0.111. The van der Waals surface area contributed by atoms with Gasteiger partial charge in [-0.3, -0.25) is 4.79 Å². The van der Waals surface area contributed by atoms with Crippen molar-refractivity contribution in [3.8, 4) is 6.07 Å². The monoisotopic (exact) mass is 321 g/mol. The summed E-state index contributed by atoms with van der Waals surface area (Å²) < 4.78 is 3.40. The van der Waals surface area contributed by atoms with Crippen LogP contribution >= 0.6 is 11.6 Å². The molecule has 0 saturated carbocycles. The lowest BCUT2D eigenvalue weighted by atomic mass is 10.1. The normalized spacial score (nSPS) is 11.3. The lowest BCUT2D eigenvalue weighted by Gasteiger charge is -2.07. The predicted octanol–water partition coefficient (Wildman–Crippen LogP) is 3.82. The lowest BCUT2D eigenvalue weighted by Crippen LogP contribution is -2.19. The molecule has 0 spiro atoms. The number of nitriles is 1. The molecule has 4 aromatic rings. The Morgan fingerprint density at radius 1 is 1.13 bits per heavy atom. The van der Waals surface area contributed by atoms with E-state index in [2.05, 4.69) is 6.07 Å². The van der Waals surface area contributed by atoms with Gasteiger partial charge in [0.05, 0.1) is 17.1 Å². The zero-order chi connectivity index (χ0) is 16.1. The first-order valence-electron chi connectivity index (χ1n) is 7.19. The Hall–Kier alpha value is -2.77. The molecule has 0 N–H and O–H groups in total. The van der Waals surface area contributed by atoms with Crippen LogP contribution in [0, 0.1) is 11.3 Å². The van der Waals surface area contributed by atoms with Crippen molar-refractivity contribution in [3.05, 3.63) is 57.8 Å². The van der Waals surface area contributed by atoms with Gasteiger partial charge in [0.1, 0.15) is 12.1 Å². The second-order valence-electron chi connectivity index (χ2n) is 5.51. The van der Waals surface area contributed by atoms with Gasteiger partial charge in [-0.25, -0.2) is 0 Å². The van der Waals surface area contributed by atoms with Crippen molar-refractivity contribution >= 4 is 44.3 Å². The number of rotatable bonds is 1. The number of nitrogens with zero attached hydrogens (tertiary/aromatic N) is 3. The largest absolute Gasteiger partial charge is 0.322 e. The number of halogens is 1. The third-order valence-electron chi connectivity index (χ3n) is 4.30. The van der Waals surface area contributed by atoms with Crippen molar-refractivity contribution in [1.29, 1.82) is 5.26 Å². The van der Waals surface area contributed by atoms with Gasteiger partial charge in [0.15, 0.2) is 0 Å². The maximum atomic E-state index is 12.9. The summed E-state index contributed by atoms with van der Waals surface area (Å²) in [5, 5.41) is 12.5. The van der Waals surface area contributed by atoms with Gasteiger partial charge in [0.25, 0.3) is 5.56 Å². The number of hydrogen-bond donors (Lipinski definition) is 0. The van der Waals surface area contributed by atoms with Crippen molar-refractivity contribution in [2.75, 3.05) is 0 Å². The summed E-state index contributed by atoms with van der Waals surface area (Å²) in [7, 11) is 1.76. The van der Waals surface area contributed by atoms with E-state index in [1.807, 2.05) is 36.4 Å². The summed E-state index contributed by atoms with van der Waals surface area (Å²) >= 11 is 6.17. The van der Waals surface area contributed by atoms with E-state index in [1.165, 1.54) is 0 Å². The van der Waals surface area contributed by atoms with Crippen LogP contribution in [0.1, 0.15) is 0 Å². The first-order valence-corrected chi connectivity index (χ1v) is 7.57. The van der Waals surface area contributed by atoms with Crippen LogP contribution in [0.15, 0.2) is 47.3 Å². The predicted molar refractivity (Wildman–Crippen MR) is 92.8 cm³/mol. The average molecular weight is 322 g/mol. The fourth-order valence-electron chi connectivity index (χ4n) is 3.30. The van der Waals surface area contributed by atoms with Crippen LogP contribution in [0.2, 0.25) is 5.02 Å². The quantitative estimate of drug-likeness (QED) is 0.535. The van der Waals surface area contributed by atoms with Gasteiger partial charge in [0.2, 0.25) is 0 Å². The molecule has 0 unspecified atom stereocenters. The topological polar surface area (TPSA) is 50.7 Å². The van der Waals surface area contributed by atoms with Crippen molar-refractivity contribution in [2.45, 2.75) is 6.54 Å². The van der Waals surface area contributed by atoms with Crippen molar-refractivity contribution in [2.24, 2.45) is 7.05 Å². The third kappa shape index (κ3) is 1.81. The molecule has 0 aliphatic heterocycles. The Morgan fingerprint density at radius 3 is 2.70 bits per heavy atom. The number of para-hydroxylation sites is 1. The van der Waals surface area contributed by atoms with Crippen LogP contribution < -0.4 is 5.56 Å². The van der Waals surface area contributed by atoms with E-state index >= 15 is 0 Å². The lowest BCUT2D eigenvalue weighted by molar-refractivity contribution is 0.867. The highest BCUT2D eigenvalue weighted by Crippen LogP contribution is 2.34. The van der Waals surface area contributed by atoms with Crippen molar-refractivity contribution in [1.82, 2.24) is 9.13 Å². The van der Waals surface area contributed by atoms with Gasteiger partial charge >= 0.3 is 0 Å². The van der Waals surface area contributed by atoms with Gasteiger partial charge in [0, 0.05) is 28.2 Å². The Labute approximate surface area is 136 Å². The number of aryl methyl sites for hydroxylation is 1. The van der Waals surface area contributed by atoms with E-state index in [0.717, 1.165) is 27.2 Å². The first-order chi connectivity index (χ1) is 11.1. The molecule has 0 amide bonds. The number of benzene rings is 2. The van der Waals surface area contributed by atoms with Crippen LogP contribution in [0.25, 0.3) is 32.7 Å². The molecule has 2 heterocycles.